The molecule has 4 unspecified atom stereocenters. The van der Waals surface area contributed by atoms with Crippen LogP contribution in [-0.2, 0) is 14.3 Å². The molecule has 5 heteroatoms. The first kappa shape index (κ1) is 21.0. The monoisotopic (exact) mass is 418 g/mol. The van der Waals surface area contributed by atoms with Crippen LogP contribution < -0.4 is 0 Å². The van der Waals surface area contributed by atoms with Gasteiger partial charge in [-0.15, -0.1) is 0 Å². The van der Waals surface area contributed by atoms with E-state index in [0.29, 0.717) is 28.2 Å². The second-order valence-electron chi connectivity index (χ2n) is 12.0. The summed E-state index contributed by atoms with van der Waals surface area (Å²) in [5, 5.41) is 21.1. The molecule has 1 saturated heterocycles. The molecule has 30 heavy (non-hydrogen) atoms. The maximum absolute atomic E-state index is 11.6. The van der Waals surface area contributed by atoms with Gasteiger partial charge in [-0.25, -0.2) is 4.79 Å². The van der Waals surface area contributed by atoms with Gasteiger partial charge in [0, 0.05) is 17.6 Å². The molecule has 5 aliphatic rings. The number of esters is 1. The van der Waals surface area contributed by atoms with E-state index in [9.17, 15) is 15.0 Å². The van der Waals surface area contributed by atoms with Crippen molar-refractivity contribution in [3.63, 3.8) is 0 Å². The molecule has 2 heterocycles. The molecule has 168 valence electrons. The number of carbonyl (C=O) groups excluding carboxylic acids is 1. The predicted molar refractivity (Wildman–Crippen MR) is 112 cm³/mol. The summed E-state index contributed by atoms with van der Waals surface area (Å²) in [6.45, 7) is 9.98. The smallest absolute Gasteiger partial charge is 0.333 e. The number of aliphatic hydroxyl groups excluding tert-OH is 2. The third-order valence-corrected chi connectivity index (χ3v) is 10.3. The van der Waals surface area contributed by atoms with Crippen LogP contribution in [0.5, 0.6) is 0 Å². The molecule has 3 aliphatic carbocycles. The van der Waals surface area contributed by atoms with Crippen molar-refractivity contribution in [3.8, 4) is 0 Å². The van der Waals surface area contributed by atoms with Crippen molar-refractivity contribution in [2.24, 2.45) is 39.9 Å². The van der Waals surface area contributed by atoms with Gasteiger partial charge in [0.05, 0.1) is 6.10 Å². The van der Waals surface area contributed by atoms with E-state index < -0.39 is 24.7 Å². The highest BCUT2D eigenvalue weighted by Gasteiger charge is 2.63. The van der Waals surface area contributed by atoms with E-state index in [2.05, 4.69) is 27.7 Å². The van der Waals surface area contributed by atoms with Crippen molar-refractivity contribution in [2.45, 2.75) is 97.7 Å². The number of carbonyl (C=O) groups is 1. The lowest BCUT2D eigenvalue weighted by molar-refractivity contribution is -0.263. The Labute approximate surface area is 180 Å². The Morgan fingerprint density at radius 1 is 0.967 bits per heavy atom. The molecule has 9 atom stereocenters. The molecule has 0 radical (unpaired) electrons. The first-order valence-corrected chi connectivity index (χ1v) is 12.0. The van der Waals surface area contributed by atoms with Crippen molar-refractivity contribution in [2.75, 3.05) is 0 Å². The third kappa shape index (κ3) is 2.87. The van der Waals surface area contributed by atoms with Crippen LogP contribution in [0.1, 0.15) is 79.1 Å². The SMILES string of the molecule is CC1(C)CCC[C@@]2(C)C1CC[C@]1(C)C2CC[C@@H]2C(O)O[C@@H](C3=CC(=O)OC3O)C[C@H]21. The van der Waals surface area contributed by atoms with Gasteiger partial charge in [-0.2, -0.15) is 0 Å². The molecule has 4 fully saturated rings. The average Bonchev–Trinajstić information content (AvgIpc) is 2.99. The molecular formula is C25H38O5. The van der Waals surface area contributed by atoms with Gasteiger partial charge in [0.15, 0.2) is 6.29 Å². The molecule has 0 amide bonds. The van der Waals surface area contributed by atoms with Gasteiger partial charge in [-0.1, -0.05) is 34.1 Å². The molecule has 0 aromatic rings. The van der Waals surface area contributed by atoms with Crippen LogP contribution in [-0.4, -0.2) is 34.9 Å². The first-order valence-electron chi connectivity index (χ1n) is 12.0. The maximum Gasteiger partial charge on any atom is 0.333 e. The molecule has 2 N–H and O–H groups in total. The Morgan fingerprint density at radius 2 is 1.73 bits per heavy atom. The molecule has 3 saturated carbocycles. The fourth-order valence-corrected chi connectivity index (χ4v) is 9.07. The van der Waals surface area contributed by atoms with Gasteiger partial charge in [0.1, 0.15) is 0 Å². The Bertz CT molecular complexity index is 759. The number of hydrogen-bond donors (Lipinski definition) is 2. The summed E-state index contributed by atoms with van der Waals surface area (Å²) < 4.78 is 10.8. The molecule has 5 rings (SSSR count). The van der Waals surface area contributed by atoms with E-state index >= 15 is 0 Å². The van der Waals surface area contributed by atoms with Crippen LogP contribution >= 0.6 is 0 Å². The van der Waals surface area contributed by atoms with E-state index in [1.54, 1.807) is 0 Å². The average molecular weight is 419 g/mol. The van der Waals surface area contributed by atoms with Crippen molar-refractivity contribution < 1.29 is 24.5 Å². The minimum absolute atomic E-state index is 0.134. The minimum Gasteiger partial charge on any atom is -0.429 e. The number of hydrogen-bond acceptors (Lipinski definition) is 5. The Morgan fingerprint density at radius 3 is 2.43 bits per heavy atom. The summed E-state index contributed by atoms with van der Waals surface area (Å²) >= 11 is 0. The topological polar surface area (TPSA) is 76.0 Å². The minimum atomic E-state index is -1.24. The third-order valence-electron chi connectivity index (χ3n) is 10.3. The van der Waals surface area contributed by atoms with Crippen LogP contribution in [0.4, 0.5) is 0 Å². The number of rotatable bonds is 1. The molecule has 2 aliphatic heterocycles. The molecule has 0 spiro atoms. The second-order valence-corrected chi connectivity index (χ2v) is 12.0. The van der Waals surface area contributed by atoms with Gasteiger partial charge in [0.2, 0.25) is 6.29 Å². The van der Waals surface area contributed by atoms with E-state index in [0.717, 1.165) is 18.8 Å². The summed E-state index contributed by atoms with van der Waals surface area (Å²) in [6.07, 6.45) is 8.13. The highest BCUT2D eigenvalue weighted by Crippen LogP contribution is 2.70. The number of fused-ring (bicyclic) bond motifs is 5. The largest absolute Gasteiger partial charge is 0.429 e. The lowest BCUT2D eigenvalue weighted by Crippen LogP contribution is -2.62. The van der Waals surface area contributed by atoms with Crippen LogP contribution in [0.15, 0.2) is 11.6 Å². The lowest BCUT2D eigenvalue weighted by Gasteiger charge is -2.67. The van der Waals surface area contributed by atoms with Crippen molar-refractivity contribution in [3.05, 3.63) is 11.6 Å². The van der Waals surface area contributed by atoms with Crippen LogP contribution in [0.3, 0.4) is 0 Å². The molecular weight excluding hydrogens is 380 g/mol. The molecule has 0 aromatic carbocycles. The number of ether oxygens (including phenoxy) is 2. The second kappa shape index (κ2) is 6.79. The predicted octanol–water partition coefficient (Wildman–Crippen LogP) is 4.17. The summed E-state index contributed by atoms with van der Waals surface area (Å²) in [5.74, 6) is 1.35. The fraction of sp³-hybridized carbons (Fsp3) is 0.880. The van der Waals surface area contributed by atoms with Gasteiger partial charge >= 0.3 is 5.97 Å². The summed E-state index contributed by atoms with van der Waals surface area (Å²) in [4.78, 5) is 11.6. The summed E-state index contributed by atoms with van der Waals surface area (Å²) in [6, 6.07) is 0. The van der Waals surface area contributed by atoms with Crippen molar-refractivity contribution in [1.82, 2.24) is 0 Å². The molecule has 0 bridgehead atoms. The summed E-state index contributed by atoms with van der Waals surface area (Å²) in [7, 11) is 0. The van der Waals surface area contributed by atoms with Crippen molar-refractivity contribution in [1.29, 1.82) is 0 Å². The lowest BCUT2D eigenvalue weighted by atomic mass is 9.38. The van der Waals surface area contributed by atoms with E-state index in [-0.39, 0.29) is 11.3 Å². The van der Waals surface area contributed by atoms with Crippen LogP contribution in [0, 0.1) is 39.9 Å². The van der Waals surface area contributed by atoms with Crippen LogP contribution in [0.25, 0.3) is 0 Å². The number of aliphatic hydroxyl groups is 2. The highest BCUT2D eigenvalue weighted by atomic mass is 16.6. The zero-order valence-corrected chi connectivity index (χ0v) is 18.9. The van der Waals surface area contributed by atoms with E-state index in [1.807, 2.05) is 0 Å². The fourth-order valence-electron chi connectivity index (χ4n) is 9.07. The molecule has 5 nitrogen and oxygen atoms in total. The van der Waals surface area contributed by atoms with Crippen LogP contribution in [0.2, 0.25) is 0 Å². The van der Waals surface area contributed by atoms with Gasteiger partial charge in [-0.05, 0) is 78.9 Å². The Balaban J connectivity index is 1.47. The van der Waals surface area contributed by atoms with Gasteiger partial charge in [0.25, 0.3) is 0 Å². The quantitative estimate of drug-likeness (QED) is 0.625. The van der Waals surface area contributed by atoms with Crippen molar-refractivity contribution >= 4 is 5.97 Å². The Hall–Kier alpha value is -0.910. The molecule has 0 aromatic heterocycles. The normalized spacial score (nSPS) is 52.5. The number of cyclic esters (lactones) is 1. The zero-order valence-electron chi connectivity index (χ0n) is 18.9. The first-order chi connectivity index (χ1) is 14.1. The zero-order chi connectivity index (χ0) is 21.5. The van der Waals surface area contributed by atoms with E-state index in [1.165, 1.54) is 44.6 Å². The Kier molecular flexibility index (Phi) is 4.75. The summed E-state index contributed by atoms with van der Waals surface area (Å²) in [5.41, 5.74) is 1.38. The van der Waals surface area contributed by atoms with Gasteiger partial charge < -0.3 is 19.7 Å². The van der Waals surface area contributed by atoms with Gasteiger partial charge in [-0.3, -0.25) is 0 Å². The highest BCUT2D eigenvalue weighted by molar-refractivity contribution is 5.85. The maximum atomic E-state index is 11.6. The van der Waals surface area contributed by atoms with E-state index in [4.69, 9.17) is 9.47 Å². The standard InChI is InChI=1S/C25H38O5/c1-23(2)9-5-10-25(4)18(23)8-11-24(3)16-13-17(15-12-20(26)30-22(15)28)29-21(27)14(16)6-7-19(24)25/h12,14,16-19,21-22,27-28H,5-11,13H2,1-4H3/t14-,16+,17+,18?,19?,21?,22?,24-,25-/m0/s1.